The van der Waals surface area contributed by atoms with Gasteiger partial charge in [-0.25, -0.2) is 0 Å². The zero-order valence-electron chi connectivity index (χ0n) is 16.8. The van der Waals surface area contributed by atoms with Crippen LogP contribution >= 0.6 is 0 Å². The van der Waals surface area contributed by atoms with Gasteiger partial charge in [-0.3, -0.25) is 9.59 Å². The molecule has 0 atom stereocenters. The lowest BCUT2D eigenvalue weighted by Gasteiger charge is -2.20. The molecular formula is C22H29N3O2. The maximum absolute atomic E-state index is 12.8. The first-order valence-corrected chi connectivity index (χ1v) is 9.09. The largest absolute Gasteiger partial charge is 0.377 e. The molecule has 5 nitrogen and oxygen atoms in total. The summed E-state index contributed by atoms with van der Waals surface area (Å²) in [7, 11) is 3.78. The Morgan fingerprint density at radius 1 is 1.00 bits per heavy atom. The van der Waals surface area contributed by atoms with E-state index in [2.05, 4.69) is 10.6 Å². The van der Waals surface area contributed by atoms with Crippen LogP contribution in [0.4, 0.5) is 11.4 Å². The van der Waals surface area contributed by atoms with Gasteiger partial charge in [-0.2, -0.15) is 0 Å². The second kappa shape index (κ2) is 8.71. The molecule has 2 aromatic carbocycles. The zero-order chi connectivity index (χ0) is 20.0. The van der Waals surface area contributed by atoms with Crippen molar-refractivity contribution < 1.29 is 9.59 Å². The van der Waals surface area contributed by atoms with Crippen LogP contribution in [0.1, 0.15) is 43.1 Å². The third-order valence-electron chi connectivity index (χ3n) is 3.99. The molecule has 0 fully saturated rings. The number of carbonyl (C=O) groups is 2. The Hall–Kier alpha value is -2.82. The highest BCUT2D eigenvalue weighted by atomic mass is 16.2. The number of hydrogen-bond acceptors (Lipinski definition) is 3. The van der Waals surface area contributed by atoms with E-state index in [1.165, 1.54) is 0 Å². The number of carbonyl (C=O) groups excluding carboxylic acids is 2. The number of nitrogens with one attached hydrogen (secondary N) is 2. The lowest BCUT2D eigenvalue weighted by Crippen LogP contribution is -2.26. The molecule has 0 aromatic heterocycles. The first-order valence-electron chi connectivity index (χ1n) is 9.09. The van der Waals surface area contributed by atoms with Crippen molar-refractivity contribution in [2.75, 3.05) is 24.3 Å². The van der Waals surface area contributed by atoms with E-state index in [9.17, 15) is 9.59 Å². The summed E-state index contributed by atoms with van der Waals surface area (Å²) in [6.07, 6.45) is 0.415. The SMILES string of the molecule is CN(C)c1ccc(NC(=O)CC(C)(C)C)cc1C(=O)NCc1ccccc1. The summed E-state index contributed by atoms with van der Waals surface area (Å²) in [5.41, 5.74) is 2.90. The van der Waals surface area contributed by atoms with Gasteiger partial charge in [0.05, 0.1) is 5.56 Å². The van der Waals surface area contributed by atoms with Gasteiger partial charge in [-0.05, 0) is 29.2 Å². The number of anilines is 2. The van der Waals surface area contributed by atoms with Crippen LogP contribution < -0.4 is 15.5 Å². The predicted molar refractivity (Wildman–Crippen MR) is 111 cm³/mol. The minimum Gasteiger partial charge on any atom is -0.377 e. The number of hydrogen-bond donors (Lipinski definition) is 2. The van der Waals surface area contributed by atoms with Crippen LogP contribution in [0.5, 0.6) is 0 Å². The number of nitrogens with zero attached hydrogens (tertiary/aromatic N) is 1. The van der Waals surface area contributed by atoms with Crippen molar-refractivity contribution in [3.05, 3.63) is 59.7 Å². The summed E-state index contributed by atoms with van der Waals surface area (Å²) in [5.74, 6) is -0.231. The molecule has 0 saturated carbocycles. The molecule has 0 radical (unpaired) electrons. The lowest BCUT2D eigenvalue weighted by atomic mass is 9.92. The van der Waals surface area contributed by atoms with Crippen LogP contribution in [-0.2, 0) is 11.3 Å². The van der Waals surface area contributed by atoms with E-state index in [0.717, 1.165) is 11.3 Å². The van der Waals surface area contributed by atoms with Crippen LogP contribution in [-0.4, -0.2) is 25.9 Å². The molecule has 27 heavy (non-hydrogen) atoms. The van der Waals surface area contributed by atoms with Crippen molar-refractivity contribution in [3.8, 4) is 0 Å². The Labute approximate surface area is 161 Å². The molecule has 2 aromatic rings. The van der Waals surface area contributed by atoms with Crippen molar-refractivity contribution in [3.63, 3.8) is 0 Å². The molecule has 0 unspecified atom stereocenters. The fraction of sp³-hybridized carbons (Fsp3) is 0.364. The fourth-order valence-corrected chi connectivity index (χ4v) is 2.75. The van der Waals surface area contributed by atoms with Crippen LogP contribution in [0.2, 0.25) is 0 Å². The van der Waals surface area contributed by atoms with Crippen LogP contribution in [0.3, 0.4) is 0 Å². The van der Waals surface area contributed by atoms with Gasteiger partial charge in [0.25, 0.3) is 5.91 Å². The highest BCUT2D eigenvalue weighted by molar-refractivity contribution is 6.02. The molecule has 2 amide bonds. The van der Waals surface area contributed by atoms with E-state index in [4.69, 9.17) is 0 Å². The number of amides is 2. The van der Waals surface area contributed by atoms with Gasteiger partial charge in [0, 0.05) is 38.4 Å². The smallest absolute Gasteiger partial charge is 0.253 e. The molecule has 5 heteroatoms. The van der Waals surface area contributed by atoms with E-state index in [1.807, 2.05) is 82.2 Å². The van der Waals surface area contributed by atoms with Gasteiger partial charge in [0.15, 0.2) is 0 Å². The quantitative estimate of drug-likeness (QED) is 0.809. The average molecular weight is 367 g/mol. The topological polar surface area (TPSA) is 61.4 Å². The summed E-state index contributed by atoms with van der Waals surface area (Å²) in [6.45, 7) is 6.51. The fourth-order valence-electron chi connectivity index (χ4n) is 2.75. The van der Waals surface area contributed by atoms with E-state index in [-0.39, 0.29) is 17.2 Å². The summed E-state index contributed by atoms with van der Waals surface area (Å²) in [5, 5.41) is 5.85. The Morgan fingerprint density at radius 2 is 1.67 bits per heavy atom. The van der Waals surface area contributed by atoms with Gasteiger partial charge in [0.2, 0.25) is 5.91 Å². The molecule has 0 heterocycles. The number of benzene rings is 2. The maximum atomic E-state index is 12.8. The zero-order valence-corrected chi connectivity index (χ0v) is 16.8. The van der Waals surface area contributed by atoms with Crippen LogP contribution in [0.15, 0.2) is 48.5 Å². The minimum absolute atomic E-state index is 0.0595. The molecule has 0 aliphatic carbocycles. The van der Waals surface area contributed by atoms with E-state index in [1.54, 1.807) is 6.07 Å². The molecule has 2 rings (SSSR count). The Morgan fingerprint density at radius 3 is 2.26 bits per heavy atom. The first kappa shape index (κ1) is 20.5. The van der Waals surface area contributed by atoms with Gasteiger partial charge in [0.1, 0.15) is 0 Å². The molecule has 0 aliphatic heterocycles. The van der Waals surface area contributed by atoms with Crippen LogP contribution in [0.25, 0.3) is 0 Å². The van der Waals surface area contributed by atoms with Crippen LogP contribution in [0, 0.1) is 5.41 Å². The van der Waals surface area contributed by atoms with Crippen molar-refractivity contribution in [1.29, 1.82) is 0 Å². The highest BCUT2D eigenvalue weighted by Gasteiger charge is 2.18. The Bertz CT molecular complexity index is 793. The summed E-state index contributed by atoms with van der Waals surface area (Å²) < 4.78 is 0. The maximum Gasteiger partial charge on any atom is 0.253 e. The highest BCUT2D eigenvalue weighted by Crippen LogP contribution is 2.24. The van der Waals surface area contributed by atoms with E-state index in [0.29, 0.717) is 24.2 Å². The minimum atomic E-state index is -0.172. The molecule has 0 saturated heterocycles. The van der Waals surface area contributed by atoms with Crippen molar-refractivity contribution in [2.24, 2.45) is 5.41 Å². The van der Waals surface area contributed by atoms with Gasteiger partial charge >= 0.3 is 0 Å². The monoisotopic (exact) mass is 367 g/mol. The standard InChI is InChI=1S/C22H29N3O2/c1-22(2,3)14-20(26)24-17-11-12-19(25(4)5)18(13-17)21(27)23-15-16-9-7-6-8-10-16/h6-13H,14-15H2,1-5H3,(H,23,27)(H,24,26). The van der Waals surface area contributed by atoms with E-state index >= 15 is 0 Å². The third kappa shape index (κ3) is 6.44. The molecule has 0 bridgehead atoms. The lowest BCUT2D eigenvalue weighted by molar-refractivity contribution is -0.117. The molecule has 0 spiro atoms. The van der Waals surface area contributed by atoms with Gasteiger partial charge in [-0.1, -0.05) is 51.1 Å². The molecule has 144 valence electrons. The molecule has 0 aliphatic rings. The third-order valence-corrected chi connectivity index (χ3v) is 3.99. The average Bonchev–Trinajstić information content (AvgIpc) is 2.58. The second-order valence-electron chi connectivity index (χ2n) is 8.08. The van der Waals surface area contributed by atoms with Crippen molar-refractivity contribution in [2.45, 2.75) is 33.7 Å². The number of rotatable bonds is 6. The Balaban J connectivity index is 2.17. The van der Waals surface area contributed by atoms with Crippen molar-refractivity contribution >= 4 is 23.2 Å². The molecular weight excluding hydrogens is 338 g/mol. The van der Waals surface area contributed by atoms with E-state index < -0.39 is 0 Å². The Kier molecular flexibility index (Phi) is 6.61. The summed E-state index contributed by atoms with van der Waals surface area (Å²) in [4.78, 5) is 26.9. The summed E-state index contributed by atoms with van der Waals surface area (Å²) in [6, 6.07) is 15.2. The molecule has 2 N–H and O–H groups in total. The second-order valence-corrected chi connectivity index (χ2v) is 8.08. The van der Waals surface area contributed by atoms with Crippen molar-refractivity contribution in [1.82, 2.24) is 5.32 Å². The van der Waals surface area contributed by atoms with Gasteiger partial charge < -0.3 is 15.5 Å². The first-order chi connectivity index (χ1) is 12.7. The normalized spacial score (nSPS) is 11.0. The predicted octanol–water partition coefficient (Wildman–Crippen LogP) is 4.06. The van der Waals surface area contributed by atoms with Gasteiger partial charge in [-0.15, -0.1) is 0 Å². The summed E-state index contributed by atoms with van der Waals surface area (Å²) >= 11 is 0.